The molecule has 8 heteroatoms. The zero-order valence-corrected chi connectivity index (χ0v) is 16.0. The maximum Gasteiger partial charge on any atom is 0.252 e. The minimum absolute atomic E-state index is 0.293. The second-order valence-electron chi connectivity index (χ2n) is 5.47. The number of nitrogens with one attached hydrogen (secondary N) is 2. The van der Waals surface area contributed by atoms with Gasteiger partial charge in [-0.1, -0.05) is 66.5 Å². The lowest BCUT2D eigenvalue weighted by Gasteiger charge is -2.10. The lowest BCUT2D eigenvalue weighted by Crippen LogP contribution is -2.37. The summed E-state index contributed by atoms with van der Waals surface area (Å²) in [7, 11) is 0. The van der Waals surface area contributed by atoms with Crippen LogP contribution in [0, 0.1) is 5.92 Å². The van der Waals surface area contributed by atoms with Crippen LogP contribution in [0.2, 0.25) is 10.0 Å². The third kappa shape index (κ3) is 6.20. The highest BCUT2D eigenvalue weighted by Crippen LogP contribution is 2.13. The summed E-state index contributed by atoms with van der Waals surface area (Å²) in [4.78, 5) is 24.4. The van der Waals surface area contributed by atoms with Gasteiger partial charge < -0.3 is 0 Å². The van der Waals surface area contributed by atoms with Gasteiger partial charge in [0.25, 0.3) is 11.8 Å². The van der Waals surface area contributed by atoms with Gasteiger partial charge in [0, 0.05) is 21.2 Å². The summed E-state index contributed by atoms with van der Waals surface area (Å²) >= 11 is 12.0. The number of carbonyl (C=O) groups excluding carboxylic acids is 2. The number of hydrazone groups is 2. The van der Waals surface area contributed by atoms with Crippen molar-refractivity contribution in [3.63, 3.8) is 0 Å². The van der Waals surface area contributed by atoms with E-state index in [1.807, 2.05) is 0 Å². The van der Waals surface area contributed by atoms with Crippen molar-refractivity contribution in [2.24, 2.45) is 16.1 Å². The summed E-state index contributed by atoms with van der Waals surface area (Å²) in [5.74, 6) is -2.01. The third-order valence-electron chi connectivity index (χ3n) is 3.61. The standard InChI is InChI=1S/C19H18Cl2N4O2/c1-2-15(18(26)24-22-11-13-7-3-5-9-16(13)20)19(27)25-23-12-14-8-4-6-10-17(14)21/h3-12,15H,2H2,1H3,(H,24,26)(H,25,27)/b22-11-,23-12-. The molecule has 2 amide bonds. The summed E-state index contributed by atoms with van der Waals surface area (Å²) in [5.41, 5.74) is 6.00. The summed E-state index contributed by atoms with van der Waals surface area (Å²) < 4.78 is 0. The number of hydrogen-bond acceptors (Lipinski definition) is 4. The number of amides is 2. The molecule has 0 radical (unpaired) electrons. The molecule has 0 saturated heterocycles. The normalized spacial score (nSPS) is 11.3. The molecule has 0 bridgehead atoms. The fourth-order valence-corrected chi connectivity index (χ4v) is 2.51. The lowest BCUT2D eigenvalue weighted by molar-refractivity contribution is -0.135. The van der Waals surface area contributed by atoms with Gasteiger partial charge in [-0.15, -0.1) is 0 Å². The van der Waals surface area contributed by atoms with Crippen LogP contribution in [-0.2, 0) is 9.59 Å². The molecule has 0 unspecified atom stereocenters. The number of nitrogens with zero attached hydrogens (tertiary/aromatic N) is 2. The zero-order valence-electron chi connectivity index (χ0n) is 14.5. The largest absolute Gasteiger partial charge is 0.272 e. The molecule has 0 aliphatic heterocycles. The van der Waals surface area contributed by atoms with Crippen LogP contribution in [0.3, 0.4) is 0 Å². The van der Waals surface area contributed by atoms with Crippen molar-refractivity contribution < 1.29 is 9.59 Å². The fraction of sp³-hybridized carbons (Fsp3) is 0.158. The molecule has 6 nitrogen and oxygen atoms in total. The minimum Gasteiger partial charge on any atom is -0.272 e. The average Bonchev–Trinajstić information content (AvgIpc) is 2.65. The Kier molecular flexibility index (Phi) is 7.98. The quantitative estimate of drug-likeness (QED) is 0.419. The van der Waals surface area contributed by atoms with Crippen molar-refractivity contribution in [1.82, 2.24) is 10.9 Å². The van der Waals surface area contributed by atoms with Crippen LogP contribution in [-0.4, -0.2) is 24.2 Å². The van der Waals surface area contributed by atoms with E-state index >= 15 is 0 Å². The summed E-state index contributed by atoms with van der Waals surface area (Å²) in [6.07, 6.45) is 3.13. The summed E-state index contributed by atoms with van der Waals surface area (Å²) in [6.45, 7) is 1.72. The van der Waals surface area contributed by atoms with E-state index in [0.29, 0.717) is 27.6 Å². The van der Waals surface area contributed by atoms with Crippen LogP contribution in [0.1, 0.15) is 24.5 Å². The molecule has 140 valence electrons. The van der Waals surface area contributed by atoms with Gasteiger partial charge in [-0.25, -0.2) is 10.9 Å². The number of hydrogen-bond donors (Lipinski definition) is 2. The van der Waals surface area contributed by atoms with E-state index in [0.717, 1.165) is 0 Å². The molecule has 2 rings (SSSR count). The maximum absolute atomic E-state index is 12.2. The Bertz CT molecular complexity index is 799. The second-order valence-corrected chi connectivity index (χ2v) is 6.29. The number of rotatable bonds is 7. The smallest absolute Gasteiger partial charge is 0.252 e. The molecule has 0 aliphatic carbocycles. The van der Waals surface area contributed by atoms with Crippen LogP contribution in [0.5, 0.6) is 0 Å². The highest BCUT2D eigenvalue weighted by molar-refractivity contribution is 6.33. The molecule has 0 aromatic heterocycles. The molecule has 27 heavy (non-hydrogen) atoms. The molecule has 0 heterocycles. The molecule has 2 aromatic carbocycles. The molecule has 0 aliphatic rings. The van der Waals surface area contributed by atoms with Crippen molar-refractivity contribution in [1.29, 1.82) is 0 Å². The lowest BCUT2D eigenvalue weighted by atomic mass is 10.1. The van der Waals surface area contributed by atoms with Crippen LogP contribution in [0.25, 0.3) is 0 Å². The van der Waals surface area contributed by atoms with Gasteiger partial charge in [0.05, 0.1) is 12.4 Å². The molecule has 0 saturated carbocycles. The van der Waals surface area contributed by atoms with E-state index in [4.69, 9.17) is 23.2 Å². The van der Waals surface area contributed by atoms with Crippen molar-refractivity contribution in [3.8, 4) is 0 Å². The van der Waals surface area contributed by atoms with Gasteiger partial charge in [-0.05, 0) is 18.6 Å². The van der Waals surface area contributed by atoms with E-state index in [1.54, 1.807) is 55.5 Å². The van der Waals surface area contributed by atoms with Gasteiger partial charge >= 0.3 is 0 Å². The first-order chi connectivity index (χ1) is 13.0. The van der Waals surface area contributed by atoms with Crippen molar-refractivity contribution in [2.75, 3.05) is 0 Å². The predicted molar refractivity (Wildman–Crippen MR) is 108 cm³/mol. The first-order valence-corrected chi connectivity index (χ1v) is 8.93. The van der Waals surface area contributed by atoms with Crippen molar-refractivity contribution in [2.45, 2.75) is 13.3 Å². The maximum atomic E-state index is 12.2. The van der Waals surface area contributed by atoms with Crippen LogP contribution in [0.4, 0.5) is 0 Å². The molecule has 0 atom stereocenters. The van der Waals surface area contributed by atoms with Crippen molar-refractivity contribution >= 4 is 47.4 Å². The van der Waals surface area contributed by atoms with E-state index in [2.05, 4.69) is 21.1 Å². The SMILES string of the molecule is CCC(C(=O)N/N=C\c1ccccc1Cl)C(=O)N/N=C\c1ccccc1Cl. The number of benzene rings is 2. The zero-order chi connectivity index (χ0) is 19.6. The Morgan fingerprint density at radius 2 is 1.30 bits per heavy atom. The first-order valence-electron chi connectivity index (χ1n) is 8.17. The molecule has 0 spiro atoms. The van der Waals surface area contributed by atoms with Crippen LogP contribution < -0.4 is 10.9 Å². The Labute approximate surface area is 167 Å². The number of carbonyl (C=O) groups is 2. The predicted octanol–water partition coefficient (Wildman–Crippen LogP) is 3.62. The van der Waals surface area contributed by atoms with Crippen LogP contribution >= 0.6 is 23.2 Å². The Balaban J connectivity index is 1.92. The van der Waals surface area contributed by atoms with E-state index in [-0.39, 0.29) is 0 Å². The highest BCUT2D eigenvalue weighted by Gasteiger charge is 2.24. The van der Waals surface area contributed by atoms with Gasteiger partial charge in [0.15, 0.2) is 0 Å². The Morgan fingerprint density at radius 3 is 1.67 bits per heavy atom. The van der Waals surface area contributed by atoms with Gasteiger partial charge in [0.2, 0.25) is 0 Å². The number of halogens is 2. The molecular formula is C19H18Cl2N4O2. The molecule has 2 aromatic rings. The summed E-state index contributed by atoms with van der Waals surface area (Å²) in [5, 5.41) is 8.71. The Hall–Kier alpha value is -2.70. The second kappa shape index (κ2) is 10.4. The highest BCUT2D eigenvalue weighted by atomic mass is 35.5. The Morgan fingerprint density at radius 1 is 0.889 bits per heavy atom. The van der Waals surface area contributed by atoms with E-state index in [9.17, 15) is 9.59 Å². The van der Waals surface area contributed by atoms with Crippen molar-refractivity contribution in [3.05, 3.63) is 69.7 Å². The minimum atomic E-state index is -0.934. The van der Waals surface area contributed by atoms with E-state index < -0.39 is 17.7 Å². The molecule has 2 N–H and O–H groups in total. The first kappa shape index (κ1) is 20.6. The van der Waals surface area contributed by atoms with E-state index in [1.165, 1.54) is 12.4 Å². The van der Waals surface area contributed by atoms with Gasteiger partial charge in [-0.2, -0.15) is 10.2 Å². The monoisotopic (exact) mass is 404 g/mol. The summed E-state index contributed by atoms with van der Waals surface area (Å²) in [6, 6.07) is 14.1. The average molecular weight is 405 g/mol. The van der Waals surface area contributed by atoms with Gasteiger partial charge in [-0.3, -0.25) is 9.59 Å². The topological polar surface area (TPSA) is 82.9 Å². The third-order valence-corrected chi connectivity index (χ3v) is 4.30. The van der Waals surface area contributed by atoms with Crippen LogP contribution in [0.15, 0.2) is 58.7 Å². The molecular weight excluding hydrogens is 387 g/mol. The van der Waals surface area contributed by atoms with Gasteiger partial charge in [0.1, 0.15) is 5.92 Å². The fourth-order valence-electron chi connectivity index (χ4n) is 2.14. The molecule has 0 fully saturated rings.